The molecule has 0 aromatic rings. The van der Waals surface area contributed by atoms with Crippen molar-refractivity contribution in [3.8, 4) is 0 Å². The molecular formula is C21H34O. The van der Waals surface area contributed by atoms with E-state index in [2.05, 4.69) is 33.8 Å². The lowest BCUT2D eigenvalue weighted by molar-refractivity contribution is -0.0988. The van der Waals surface area contributed by atoms with Gasteiger partial charge < -0.3 is 5.11 Å². The third kappa shape index (κ3) is 1.70. The van der Waals surface area contributed by atoms with Crippen LogP contribution in [0.1, 0.15) is 79.1 Å². The number of allylic oxidation sites excluding steroid dienone is 2. The molecule has 0 bridgehead atoms. The Morgan fingerprint density at radius 3 is 2.55 bits per heavy atom. The minimum absolute atomic E-state index is 0.0454. The lowest BCUT2D eigenvalue weighted by atomic mass is 9.42. The summed E-state index contributed by atoms with van der Waals surface area (Å²) < 4.78 is 0. The minimum atomic E-state index is -0.0454. The van der Waals surface area contributed by atoms with Crippen LogP contribution in [0.3, 0.4) is 0 Å². The zero-order valence-electron chi connectivity index (χ0n) is 15.0. The van der Waals surface area contributed by atoms with Crippen molar-refractivity contribution in [3.05, 3.63) is 11.6 Å². The van der Waals surface area contributed by atoms with Crippen molar-refractivity contribution in [3.63, 3.8) is 0 Å². The highest BCUT2D eigenvalue weighted by atomic mass is 16.3. The van der Waals surface area contributed by atoms with E-state index in [0.717, 1.165) is 24.2 Å². The van der Waals surface area contributed by atoms with Gasteiger partial charge in [-0.15, -0.1) is 0 Å². The highest BCUT2D eigenvalue weighted by Gasteiger charge is 2.61. The smallest absolute Gasteiger partial charge is 0.0596 e. The van der Waals surface area contributed by atoms with Crippen LogP contribution in [0.25, 0.3) is 0 Å². The van der Waals surface area contributed by atoms with Crippen LogP contribution in [0.15, 0.2) is 11.6 Å². The van der Waals surface area contributed by atoms with Gasteiger partial charge in [0.1, 0.15) is 0 Å². The SMILES string of the molecule is CC1(C)CCCC2=CC[C@H]3[C@@H]4CC[C@@H](O)[C@@]4(C)CC[C@@H]3[C@]21C. The molecule has 124 valence electrons. The molecule has 0 aliphatic heterocycles. The molecule has 0 unspecified atom stereocenters. The van der Waals surface area contributed by atoms with Gasteiger partial charge in [0.2, 0.25) is 0 Å². The summed E-state index contributed by atoms with van der Waals surface area (Å²) in [6.45, 7) is 10.0. The van der Waals surface area contributed by atoms with Crippen molar-refractivity contribution in [2.75, 3.05) is 0 Å². The second-order valence-corrected chi connectivity index (χ2v) is 9.92. The van der Waals surface area contributed by atoms with E-state index in [1.807, 2.05) is 0 Å². The molecule has 3 saturated carbocycles. The predicted molar refractivity (Wildman–Crippen MR) is 91.5 cm³/mol. The molecule has 1 N–H and O–H groups in total. The summed E-state index contributed by atoms with van der Waals surface area (Å²) in [6, 6.07) is 0. The normalized spacial score (nSPS) is 53.2. The summed E-state index contributed by atoms with van der Waals surface area (Å²) in [5.74, 6) is 2.43. The number of fused-ring (bicyclic) bond motifs is 5. The summed E-state index contributed by atoms with van der Waals surface area (Å²) in [7, 11) is 0. The number of hydrogen-bond acceptors (Lipinski definition) is 1. The average Bonchev–Trinajstić information content (AvgIpc) is 2.76. The van der Waals surface area contributed by atoms with Gasteiger partial charge in [-0.05, 0) is 85.4 Å². The Morgan fingerprint density at radius 2 is 1.77 bits per heavy atom. The van der Waals surface area contributed by atoms with Gasteiger partial charge in [-0.3, -0.25) is 0 Å². The van der Waals surface area contributed by atoms with Gasteiger partial charge in [0, 0.05) is 0 Å². The standard InChI is InChI=1S/C21H34O/c1-19(2)12-5-6-14-7-8-15-16-9-10-18(22)20(16,3)13-11-17(15)21(14,19)4/h7,15-18,22H,5-6,8-13H2,1-4H3/t15-,16-,17-,18+,20-,21-/m0/s1. The molecule has 4 aliphatic rings. The van der Waals surface area contributed by atoms with Crippen molar-refractivity contribution < 1.29 is 5.11 Å². The minimum Gasteiger partial charge on any atom is -0.393 e. The largest absolute Gasteiger partial charge is 0.393 e. The Balaban J connectivity index is 1.75. The summed E-state index contributed by atoms with van der Waals surface area (Å²) in [5.41, 5.74) is 2.84. The molecule has 0 aromatic heterocycles. The molecule has 6 atom stereocenters. The third-order valence-electron chi connectivity index (χ3n) is 9.09. The maximum absolute atomic E-state index is 10.6. The monoisotopic (exact) mass is 302 g/mol. The van der Waals surface area contributed by atoms with Crippen molar-refractivity contribution >= 4 is 0 Å². The van der Waals surface area contributed by atoms with Crippen molar-refractivity contribution in [1.82, 2.24) is 0 Å². The summed E-state index contributed by atoms with van der Waals surface area (Å²) >= 11 is 0. The Labute approximate surface area is 136 Å². The van der Waals surface area contributed by atoms with Crippen LogP contribution in [0, 0.1) is 34.0 Å². The number of aliphatic hydroxyl groups is 1. The van der Waals surface area contributed by atoms with Crippen molar-refractivity contribution in [2.24, 2.45) is 34.0 Å². The molecular weight excluding hydrogens is 268 g/mol. The fourth-order valence-electron chi connectivity index (χ4n) is 7.31. The molecule has 22 heavy (non-hydrogen) atoms. The summed E-state index contributed by atoms with van der Waals surface area (Å²) in [4.78, 5) is 0. The number of aliphatic hydroxyl groups excluding tert-OH is 1. The Kier molecular flexibility index (Phi) is 3.20. The van der Waals surface area contributed by atoms with Crippen LogP contribution in [-0.2, 0) is 0 Å². The Morgan fingerprint density at radius 1 is 1.00 bits per heavy atom. The molecule has 0 spiro atoms. The highest BCUT2D eigenvalue weighted by molar-refractivity contribution is 5.28. The molecule has 0 amide bonds. The average molecular weight is 303 g/mol. The lowest BCUT2D eigenvalue weighted by Gasteiger charge is -2.62. The van der Waals surface area contributed by atoms with Crippen LogP contribution >= 0.6 is 0 Å². The van der Waals surface area contributed by atoms with E-state index >= 15 is 0 Å². The van der Waals surface area contributed by atoms with E-state index in [0.29, 0.717) is 10.8 Å². The molecule has 4 aliphatic carbocycles. The van der Waals surface area contributed by atoms with E-state index < -0.39 is 0 Å². The van der Waals surface area contributed by atoms with Gasteiger partial charge in [-0.25, -0.2) is 0 Å². The van der Waals surface area contributed by atoms with Gasteiger partial charge >= 0.3 is 0 Å². The maximum Gasteiger partial charge on any atom is 0.0596 e. The molecule has 3 fully saturated rings. The maximum atomic E-state index is 10.6. The summed E-state index contributed by atoms with van der Waals surface area (Å²) in [5, 5.41) is 10.6. The van der Waals surface area contributed by atoms with Crippen molar-refractivity contribution in [2.45, 2.75) is 85.2 Å². The van der Waals surface area contributed by atoms with E-state index in [1.165, 1.54) is 44.9 Å². The van der Waals surface area contributed by atoms with E-state index in [9.17, 15) is 5.11 Å². The molecule has 0 radical (unpaired) electrons. The van der Waals surface area contributed by atoms with Crippen LogP contribution < -0.4 is 0 Å². The Bertz CT molecular complexity index is 504. The van der Waals surface area contributed by atoms with Crippen LogP contribution in [0.4, 0.5) is 0 Å². The summed E-state index contributed by atoms with van der Waals surface area (Å²) in [6.07, 6.45) is 12.9. The van der Waals surface area contributed by atoms with Gasteiger partial charge in [0.25, 0.3) is 0 Å². The first kappa shape index (κ1) is 15.2. The van der Waals surface area contributed by atoms with Crippen LogP contribution in [0.5, 0.6) is 0 Å². The zero-order valence-corrected chi connectivity index (χ0v) is 15.0. The zero-order chi connectivity index (χ0) is 15.8. The molecule has 1 heteroatoms. The molecule has 0 saturated heterocycles. The van der Waals surface area contributed by atoms with E-state index in [4.69, 9.17) is 0 Å². The first-order valence-electron chi connectivity index (χ1n) is 9.68. The quantitative estimate of drug-likeness (QED) is 0.599. The van der Waals surface area contributed by atoms with Gasteiger partial charge in [0.05, 0.1) is 6.10 Å². The molecule has 4 rings (SSSR count). The van der Waals surface area contributed by atoms with Gasteiger partial charge in [-0.1, -0.05) is 39.3 Å². The first-order valence-corrected chi connectivity index (χ1v) is 9.68. The highest BCUT2D eigenvalue weighted by Crippen LogP contribution is 2.68. The molecule has 0 heterocycles. The lowest BCUT2D eigenvalue weighted by Crippen LogP contribution is -2.55. The van der Waals surface area contributed by atoms with E-state index in [1.54, 1.807) is 5.57 Å². The van der Waals surface area contributed by atoms with Crippen LogP contribution in [-0.4, -0.2) is 11.2 Å². The topological polar surface area (TPSA) is 20.2 Å². The fraction of sp³-hybridized carbons (Fsp3) is 0.905. The van der Waals surface area contributed by atoms with Gasteiger partial charge in [-0.2, -0.15) is 0 Å². The number of hydrogen-bond donors (Lipinski definition) is 1. The Hall–Kier alpha value is -0.300. The van der Waals surface area contributed by atoms with Crippen molar-refractivity contribution in [1.29, 1.82) is 0 Å². The van der Waals surface area contributed by atoms with Gasteiger partial charge in [0.15, 0.2) is 0 Å². The molecule has 1 nitrogen and oxygen atoms in total. The van der Waals surface area contributed by atoms with Crippen LogP contribution in [0.2, 0.25) is 0 Å². The first-order chi connectivity index (χ1) is 10.3. The predicted octanol–water partition coefficient (Wildman–Crippen LogP) is 5.34. The molecule has 0 aromatic carbocycles. The second kappa shape index (κ2) is 4.62. The van der Waals surface area contributed by atoms with E-state index in [-0.39, 0.29) is 11.5 Å². The second-order valence-electron chi connectivity index (χ2n) is 9.92. The third-order valence-corrected chi connectivity index (χ3v) is 9.09. The fourth-order valence-corrected chi connectivity index (χ4v) is 7.31. The number of rotatable bonds is 0.